The van der Waals surface area contributed by atoms with Gasteiger partial charge in [0.25, 0.3) is 0 Å². The number of halogens is 1. The van der Waals surface area contributed by atoms with Crippen molar-refractivity contribution < 1.29 is 0 Å². The van der Waals surface area contributed by atoms with Crippen molar-refractivity contribution in [1.82, 2.24) is 5.43 Å². The van der Waals surface area contributed by atoms with Gasteiger partial charge in [-0.1, -0.05) is 12.1 Å². The van der Waals surface area contributed by atoms with Gasteiger partial charge in [-0.05, 0) is 17.7 Å². The number of hydrogen-bond donors (Lipinski definition) is 2. The highest BCUT2D eigenvalue weighted by atomic mass is 35.5. The lowest BCUT2D eigenvalue weighted by atomic mass is 10.1. The van der Waals surface area contributed by atoms with Gasteiger partial charge < -0.3 is 0 Å². The summed E-state index contributed by atoms with van der Waals surface area (Å²) < 4.78 is 0. The summed E-state index contributed by atoms with van der Waals surface area (Å²) in [6, 6.07) is 9.33. The summed E-state index contributed by atoms with van der Waals surface area (Å²) in [5.41, 5.74) is 4.29. The predicted octanol–water partition coefficient (Wildman–Crippen LogP) is 0.943. The van der Waals surface area contributed by atoms with E-state index in [4.69, 9.17) is 11.1 Å². The van der Waals surface area contributed by atoms with Crippen LogP contribution in [0.2, 0.25) is 0 Å². The van der Waals surface area contributed by atoms with Gasteiger partial charge in [0.1, 0.15) is 0 Å². The molecule has 0 atom stereocenters. The van der Waals surface area contributed by atoms with Gasteiger partial charge in [0.15, 0.2) is 0 Å². The van der Waals surface area contributed by atoms with Crippen LogP contribution < -0.4 is 11.3 Å². The third-order valence-electron chi connectivity index (χ3n) is 1.39. The van der Waals surface area contributed by atoms with Gasteiger partial charge in [0, 0.05) is 6.54 Å². The molecule has 0 aliphatic carbocycles. The van der Waals surface area contributed by atoms with Crippen LogP contribution in [0.5, 0.6) is 0 Å². The van der Waals surface area contributed by atoms with E-state index < -0.39 is 0 Å². The van der Waals surface area contributed by atoms with Gasteiger partial charge in [-0.25, -0.2) is 0 Å². The minimum atomic E-state index is 0. The first kappa shape index (κ1) is 10.9. The summed E-state index contributed by atoms with van der Waals surface area (Å²) in [6.45, 7) is 0.631. The average Bonchev–Trinajstić information content (AvgIpc) is 2.07. The molecule has 0 aromatic heterocycles. The van der Waals surface area contributed by atoms with Gasteiger partial charge in [-0.15, -0.1) is 12.4 Å². The van der Waals surface area contributed by atoms with E-state index in [-0.39, 0.29) is 12.4 Å². The van der Waals surface area contributed by atoms with E-state index in [0.717, 1.165) is 5.56 Å². The maximum Gasteiger partial charge on any atom is 0.0991 e. The molecule has 0 radical (unpaired) electrons. The molecule has 3 N–H and O–H groups in total. The van der Waals surface area contributed by atoms with Gasteiger partial charge in [-0.3, -0.25) is 11.3 Å². The zero-order valence-electron chi connectivity index (χ0n) is 6.45. The van der Waals surface area contributed by atoms with Crippen molar-refractivity contribution in [1.29, 1.82) is 5.26 Å². The smallest absolute Gasteiger partial charge is 0.0991 e. The highest BCUT2D eigenvalue weighted by Gasteiger charge is 1.90. The summed E-state index contributed by atoms with van der Waals surface area (Å²) in [6.07, 6.45) is 0. The van der Waals surface area contributed by atoms with Crippen LogP contribution in [-0.2, 0) is 6.54 Å². The fourth-order valence-corrected chi connectivity index (χ4v) is 0.815. The molecule has 0 unspecified atom stereocenters. The van der Waals surface area contributed by atoms with E-state index in [1.54, 1.807) is 12.1 Å². The highest BCUT2D eigenvalue weighted by Crippen LogP contribution is 2.01. The van der Waals surface area contributed by atoms with E-state index in [1.165, 1.54) is 0 Å². The molecule has 1 aromatic rings. The molecule has 0 saturated carbocycles. The van der Waals surface area contributed by atoms with E-state index in [2.05, 4.69) is 5.43 Å². The van der Waals surface area contributed by atoms with Crippen LogP contribution in [0.3, 0.4) is 0 Å². The largest absolute Gasteiger partial charge is 0.271 e. The van der Waals surface area contributed by atoms with Crippen LogP contribution in [0.1, 0.15) is 11.1 Å². The number of nitrogens with zero attached hydrogens (tertiary/aromatic N) is 1. The number of benzene rings is 1. The molecule has 12 heavy (non-hydrogen) atoms. The number of nitrogens with two attached hydrogens (primary N) is 1. The summed E-state index contributed by atoms with van der Waals surface area (Å²) in [5, 5.41) is 8.47. The predicted molar refractivity (Wildman–Crippen MR) is 49.4 cm³/mol. The van der Waals surface area contributed by atoms with Crippen molar-refractivity contribution in [3.63, 3.8) is 0 Å². The van der Waals surface area contributed by atoms with Gasteiger partial charge in [0.2, 0.25) is 0 Å². The molecule has 0 aliphatic heterocycles. The Balaban J connectivity index is 0.00000121. The molecule has 1 rings (SSSR count). The standard InChI is InChI=1S/C8H9N3.ClH/c9-5-7-1-3-8(4-2-7)6-11-10;/h1-4,11H,6,10H2;1H. The molecule has 64 valence electrons. The number of nitriles is 1. The number of rotatable bonds is 2. The van der Waals surface area contributed by atoms with Gasteiger partial charge in [-0.2, -0.15) is 5.26 Å². The van der Waals surface area contributed by atoms with Crippen molar-refractivity contribution in [3.05, 3.63) is 35.4 Å². The second-order valence-electron chi connectivity index (χ2n) is 2.19. The lowest BCUT2D eigenvalue weighted by Crippen LogP contribution is -2.20. The maximum atomic E-state index is 8.47. The molecule has 0 saturated heterocycles. The topological polar surface area (TPSA) is 61.8 Å². The summed E-state index contributed by atoms with van der Waals surface area (Å²) >= 11 is 0. The molecule has 0 bridgehead atoms. The van der Waals surface area contributed by atoms with E-state index in [1.807, 2.05) is 18.2 Å². The zero-order valence-corrected chi connectivity index (χ0v) is 7.27. The first-order valence-corrected chi connectivity index (χ1v) is 3.29. The molecule has 0 heterocycles. The normalized spacial score (nSPS) is 8.33. The highest BCUT2D eigenvalue weighted by molar-refractivity contribution is 5.85. The molecule has 0 aliphatic rings. The number of hydrogen-bond acceptors (Lipinski definition) is 3. The van der Waals surface area contributed by atoms with Crippen molar-refractivity contribution >= 4 is 12.4 Å². The Labute approximate surface area is 77.6 Å². The molecule has 0 fully saturated rings. The fourth-order valence-electron chi connectivity index (χ4n) is 0.815. The molecular weight excluding hydrogens is 174 g/mol. The van der Waals surface area contributed by atoms with Crippen LogP contribution in [-0.4, -0.2) is 0 Å². The van der Waals surface area contributed by atoms with E-state index in [9.17, 15) is 0 Å². The van der Waals surface area contributed by atoms with Crippen molar-refractivity contribution in [2.24, 2.45) is 5.84 Å². The first-order valence-electron chi connectivity index (χ1n) is 3.29. The monoisotopic (exact) mass is 183 g/mol. The first-order chi connectivity index (χ1) is 5.36. The Morgan fingerprint density at radius 2 is 1.92 bits per heavy atom. The second-order valence-corrected chi connectivity index (χ2v) is 2.19. The third kappa shape index (κ3) is 2.89. The van der Waals surface area contributed by atoms with Crippen LogP contribution >= 0.6 is 12.4 Å². The Kier molecular flexibility index (Phi) is 5.06. The maximum absolute atomic E-state index is 8.47. The fraction of sp³-hybridized carbons (Fsp3) is 0.125. The van der Waals surface area contributed by atoms with Gasteiger partial charge in [0.05, 0.1) is 11.6 Å². The van der Waals surface area contributed by atoms with Crippen LogP contribution in [0.4, 0.5) is 0 Å². The molecule has 4 heteroatoms. The van der Waals surface area contributed by atoms with Crippen molar-refractivity contribution in [2.45, 2.75) is 6.54 Å². The van der Waals surface area contributed by atoms with E-state index in [0.29, 0.717) is 12.1 Å². The lowest BCUT2D eigenvalue weighted by molar-refractivity contribution is 0.741. The summed E-state index contributed by atoms with van der Waals surface area (Å²) in [5.74, 6) is 5.12. The zero-order chi connectivity index (χ0) is 8.10. The lowest BCUT2D eigenvalue weighted by Gasteiger charge is -1.97. The Bertz CT molecular complexity index is 263. The second kappa shape index (κ2) is 5.56. The van der Waals surface area contributed by atoms with Crippen molar-refractivity contribution in [3.8, 4) is 6.07 Å². The molecule has 1 aromatic carbocycles. The van der Waals surface area contributed by atoms with Crippen LogP contribution in [0.25, 0.3) is 0 Å². The van der Waals surface area contributed by atoms with E-state index >= 15 is 0 Å². The SMILES string of the molecule is Cl.N#Cc1ccc(CNN)cc1. The Morgan fingerprint density at radius 3 is 2.33 bits per heavy atom. The van der Waals surface area contributed by atoms with Crippen LogP contribution in [0.15, 0.2) is 24.3 Å². The summed E-state index contributed by atoms with van der Waals surface area (Å²) in [4.78, 5) is 0. The van der Waals surface area contributed by atoms with Gasteiger partial charge >= 0.3 is 0 Å². The minimum Gasteiger partial charge on any atom is -0.271 e. The molecule has 0 amide bonds. The number of nitrogens with one attached hydrogen (secondary N) is 1. The average molecular weight is 184 g/mol. The molecular formula is C8H10ClN3. The van der Waals surface area contributed by atoms with Crippen molar-refractivity contribution in [2.75, 3.05) is 0 Å². The number of hydrazine groups is 1. The third-order valence-corrected chi connectivity index (χ3v) is 1.39. The Hall–Kier alpha value is -1.08. The Morgan fingerprint density at radius 1 is 1.33 bits per heavy atom. The molecule has 3 nitrogen and oxygen atoms in total. The van der Waals surface area contributed by atoms with Crippen LogP contribution in [0, 0.1) is 11.3 Å². The quantitative estimate of drug-likeness (QED) is 0.530. The molecule has 0 spiro atoms. The minimum absolute atomic E-state index is 0. The summed E-state index contributed by atoms with van der Waals surface area (Å²) in [7, 11) is 0.